The molecular formula is Co2LiMnOZn+7. The van der Waals surface area contributed by atoms with Gasteiger partial charge in [-0.3, -0.25) is 0 Å². The number of hydrogen-bond acceptors (Lipinski definition) is 0. The summed E-state index contributed by atoms with van der Waals surface area (Å²) in [6, 6.07) is 0. The zero-order valence-electron chi connectivity index (χ0n) is 3.16. The van der Waals surface area contributed by atoms with Crippen LogP contribution in [0.25, 0.3) is 0 Å². The van der Waals surface area contributed by atoms with E-state index in [2.05, 4.69) is 0 Å². The smallest absolute Gasteiger partial charge is 2.00 e. The molecule has 0 unspecified atom stereocenters. The minimum absolute atomic E-state index is 0. The van der Waals surface area contributed by atoms with Gasteiger partial charge in [-0.05, 0) is 0 Å². The first-order valence-electron chi connectivity index (χ1n) is 0. The van der Waals surface area contributed by atoms with Gasteiger partial charge in [0.25, 0.3) is 0 Å². The van der Waals surface area contributed by atoms with Crippen molar-refractivity contribution in [1.29, 1.82) is 0 Å². The van der Waals surface area contributed by atoms with Crippen molar-refractivity contribution in [2.45, 2.75) is 0 Å². The van der Waals surface area contributed by atoms with Crippen LogP contribution in [0.2, 0.25) is 0 Å². The minimum atomic E-state index is 0. The van der Waals surface area contributed by atoms with Crippen molar-refractivity contribution in [3.63, 3.8) is 0 Å². The van der Waals surface area contributed by atoms with Crippen molar-refractivity contribution in [2.75, 3.05) is 0 Å². The summed E-state index contributed by atoms with van der Waals surface area (Å²) < 4.78 is 0. The van der Waals surface area contributed by atoms with Crippen LogP contribution in [0.1, 0.15) is 0 Å². The van der Waals surface area contributed by atoms with Gasteiger partial charge in [0.1, 0.15) is 0 Å². The minimum Gasteiger partial charge on any atom is -2.00 e. The second kappa shape index (κ2) is 47.2. The van der Waals surface area contributed by atoms with Gasteiger partial charge in [-0.25, -0.2) is 0 Å². The topological polar surface area (TPSA) is 28.5 Å². The second-order valence-electron chi connectivity index (χ2n) is 0. The molecule has 0 saturated carbocycles. The Balaban J connectivity index is 0. The Labute approximate surface area is 93.3 Å². The third kappa shape index (κ3) is 29.8. The van der Waals surface area contributed by atoms with Crippen LogP contribution in [-0.2, 0) is 75.6 Å². The molecule has 0 aromatic carbocycles. The molecule has 0 bridgehead atoms. The summed E-state index contributed by atoms with van der Waals surface area (Å²) in [7, 11) is 0. The van der Waals surface area contributed by atoms with Gasteiger partial charge in [0.2, 0.25) is 0 Å². The van der Waals surface area contributed by atoms with E-state index in [0.717, 1.165) is 0 Å². The van der Waals surface area contributed by atoms with Gasteiger partial charge in [0.15, 0.2) is 0 Å². The van der Waals surface area contributed by atoms with E-state index in [1.807, 2.05) is 0 Å². The Kier molecular flexibility index (Phi) is 554. The molecule has 0 heterocycles. The van der Waals surface area contributed by atoms with E-state index >= 15 is 0 Å². The van der Waals surface area contributed by atoms with Crippen LogP contribution in [0.15, 0.2) is 0 Å². The SMILES string of the molecule is [Co+2].[Co+2].[Li+].[Mn+2].[O-2].[Zn+2]. The van der Waals surface area contributed by atoms with Gasteiger partial charge >= 0.3 is 89.0 Å². The first-order chi connectivity index (χ1) is 0. The van der Waals surface area contributed by atoms with Gasteiger partial charge in [0, 0.05) is 0 Å². The Morgan fingerprint density at radius 1 is 0.833 bits per heavy atom. The molecule has 0 amide bonds. The van der Waals surface area contributed by atoms with Crippen LogP contribution in [0.3, 0.4) is 0 Å². The molecule has 0 aliphatic rings. The molecule has 0 N–H and O–H groups in total. The van der Waals surface area contributed by atoms with Crippen LogP contribution in [0.5, 0.6) is 0 Å². The Bertz CT molecular complexity index is 13.5. The summed E-state index contributed by atoms with van der Waals surface area (Å²) >= 11 is 0. The van der Waals surface area contributed by atoms with E-state index in [1.165, 1.54) is 0 Å². The molecule has 0 spiro atoms. The van der Waals surface area contributed by atoms with Crippen LogP contribution in [0, 0.1) is 0 Å². The van der Waals surface area contributed by atoms with Gasteiger partial charge in [-0.1, -0.05) is 0 Å². The molecule has 1 nitrogen and oxygen atoms in total. The van der Waals surface area contributed by atoms with E-state index in [1.54, 1.807) is 0 Å². The van der Waals surface area contributed by atoms with Crippen molar-refractivity contribution >= 4 is 0 Å². The molecule has 0 aromatic heterocycles. The molecule has 0 atom stereocenters. The predicted octanol–water partition coefficient (Wildman–Crippen LogP) is -3.12. The largest absolute Gasteiger partial charge is 2.00 e. The third-order valence-electron chi connectivity index (χ3n) is 0. The quantitative estimate of drug-likeness (QED) is 0.413. The Morgan fingerprint density at radius 3 is 0.833 bits per heavy atom. The normalized spacial score (nSPS) is 0. The summed E-state index contributed by atoms with van der Waals surface area (Å²) in [4.78, 5) is 0. The molecule has 0 rings (SSSR count). The van der Waals surface area contributed by atoms with E-state index in [0.29, 0.717) is 0 Å². The summed E-state index contributed by atoms with van der Waals surface area (Å²) in [5.41, 5.74) is 0. The standard InChI is InChI=1S/2Co.Li.Mn.O.Zn/q2*+2;+1;+2;-2;+2. The van der Waals surface area contributed by atoms with E-state index in [-0.39, 0.29) is 94.4 Å². The van der Waals surface area contributed by atoms with E-state index < -0.39 is 0 Å². The molecule has 0 fully saturated rings. The molecule has 0 aliphatic carbocycles. The van der Waals surface area contributed by atoms with Crippen molar-refractivity contribution in [1.82, 2.24) is 0 Å². The summed E-state index contributed by atoms with van der Waals surface area (Å²) in [6.07, 6.45) is 0. The maximum absolute atomic E-state index is 0. The second-order valence-corrected chi connectivity index (χ2v) is 0. The molecule has 27 valence electrons. The molecule has 0 aromatic rings. The van der Waals surface area contributed by atoms with Crippen LogP contribution in [-0.4, -0.2) is 0 Å². The average molecular weight is 261 g/mol. The van der Waals surface area contributed by atoms with Gasteiger partial charge in [-0.15, -0.1) is 0 Å². The summed E-state index contributed by atoms with van der Waals surface area (Å²) in [5, 5.41) is 0. The molecule has 6 heteroatoms. The fraction of sp³-hybridized carbons (Fsp3) is 0. The first-order valence-corrected chi connectivity index (χ1v) is 0. The predicted molar refractivity (Wildman–Crippen MR) is 0.686 cm³/mol. The van der Waals surface area contributed by atoms with Crippen LogP contribution < -0.4 is 18.9 Å². The fourth-order valence-corrected chi connectivity index (χ4v) is 0. The Morgan fingerprint density at radius 2 is 0.833 bits per heavy atom. The van der Waals surface area contributed by atoms with E-state index in [9.17, 15) is 0 Å². The molecule has 6 heavy (non-hydrogen) atoms. The molecule has 0 aliphatic heterocycles. The molecule has 0 saturated heterocycles. The zero-order valence-corrected chi connectivity index (χ0v) is 9.39. The number of rotatable bonds is 0. The average Bonchev–Trinajstić information content (AvgIpc) is 0. The molecular weight excluding hydrogens is 261 g/mol. The van der Waals surface area contributed by atoms with Gasteiger partial charge in [-0.2, -0.15) is 0 Å². The van der Waals surface area contributed by atoms with Crippen molar-refractivity contribution in [3.05, 3.63) is 0 Å². The van der Waals surface area contributed by atoms with Gasteiger partial charge < -0.3 is 5.48 Å². The fourth-order valence-electron chi connectivity index (χ4n) is 0. The summed E-state index contributed by atoms with van der Waals surface area (Å²) in [6.45, 7) is 0. The van der Waals surface area contributed by atoms with Gasteiger partial charge in [0.05, 0.1) is 0 Å². The van der Waals surface area contributed by atoms with Crippen molar-refractivity contribution in [3.8, 4) is 0 Å². The van der Waals surface area contributed by atoms with Crippen LogP contribution >= 0.6 is 0 Å². The zero-order chi connectivity index (χ0) is 0. The maximum Gasteiger partial charge on any atom is 2.00 e. The molecule has 3 radical (unpaired) electrons. The van der Waals surface area contributed by atoms with Crippen molar-refractivity contribution in [2.24, 2.45) is 0 Å². The third-order valence-corrected chi connectivity index (χ3v) is 0. The van der Waals surface area contributed by atoms with Crippen LogP contribution in [0.4, 0.5) is 0 Å². The van der Waals surface area contributed by atoms with Crippen molar-refractivity contribution < 1.29 is 94.4 Å². The number of hydrogen-bond donors (Lipinski definition) is 0. The monoisotopic (exact) mass is 260 g/mol. The van der Waals surface area contributed by atoms with E-state index in [4.69, 9.17) is 0 Å². The Hall–Kier alpha value is 2.71. The first kappa shape index (κ1) is 70.4. The maximum atomic E-state index is 0. The summed E-state index contributed by atoms with van der Waals surface area (Å²) in [5.74, 6) is 0.